The van der Waals surface area contributed by atoms with Crippen LogP contribution in [0.4, 0.5) is 20.2 Å². The number of nitro benzene ring substituents is 1. The predicted molar refractivity (Wildman–Crippen MR) is 83.8 cm³/mol. The molecule has 1 heterocycles. The Kier molecular flexibility index (Phi) is 4.64. The average Bonchev–Trinajstić information content (AvgIpc) is 3.02. The molecular formula is C16H19F2N3O3. The summed E-state index contributed by atoms with van der Waals surface area (Å²) >= 11 is 0. The monoisotopic (exact) mass is 339 g/mol. The molecule has 0 aromatic heterocycles. The fourth-order valence-corrected chi connectivity index (χ4v) is 3.56. The van der Waals surface area contributed by atoms with Crippen molar-refractivity contribution < 1.29 is 18.5 Å². The summed E-state index contributed by atoms with van der Waals surface area (Å²) in [5.41, 5.74) is -1.01. The standard InChI is InChI=1S/C16H19F2N3O3/c17-13-7-12(21(23)24)8-14(18)16(13)20-6-5-19(15(22)10-20)9-11-3-1-2-4-11/h7-8,11H,1-6,9-10H2. The molecular weight excluding hydrogens is 320 g/mol. The molecule has 130 valence electrons. The van der Waals surface area contributed by atoms with Gasteiger partial charge in [0.2, 0.25) is 5.91 Å². The van der Waals surface area contributed by atoms with Crippen LogP contribution in [0.2, 0.25) is 0 Å². The third kappa shape index (κ3) is 3.32. The molecule has 2 fully saturated rings. The van der Waals surface area contributed by atoms with Gasteiger partial charge in [-0.15, -0.1) is 0 Å². The van der Waals surface area contributed by atoms with Crippen LogP contribution < -0.4 is 4.90 Å². The van der Waals surface area contributed by atoms with Gasteiger partial charge in [0.15, 0.2) is 11.6 Å². The van der Waals surface area contributed by atoms with Gasteiger partial charge in [0, 0.05) is 19.6 Å². The zero-order valence-corrected chi connectivity index (χ0v) is 13.2. The summed E-state index contributed by atoms with van der Waals surface area (Å²) in [5, 5.41) is 10.7. The zero-order chi connectivity index (χ0) is 17.3. The number of halogens is 2. The maximum absolute atomic E-state index is 14.1. The van der Waals surface area contributed by atoms with Crippen molar-refractivity contribution in [2.24, 2.45) is 5.92 Å². The van der Waals surface area contributed by atoms with E-state index in [4.69, 9.17) is 0 Å². The maximum Gasteiger partial charge on any atom is 0.275 e. The number of piperazine rings is 1. The number of carbonyl (C=O) groups is 1. The van der Waals surface area contributed by atoms with Crippen molar-refractivity contribution in [3.8, 4) is 0 Å². The molecule has 2 aliphatic rings. The van der Waals surface area contributed by atoms with Gasteiger partial charge < -0.3 is 9.80 Å². The van der Waals surface area contributed by atoms with Gasteiger partial charge in [0.1, 0.15) is 5.69 Å². The van der Waals surface area contributed by atoms with Crippen LogP contribution in [-0.2, 0) is 4.79 Å². The SMILES string of the molecule is O=C1CN(c2c(F)cc([N+](=O)[O-])cc2F)CCN1CC1CCCC1. The van der Waals surface area contributed by atoms with Gasteiger partial charge >= 0.3 is 0 Å². The zero-order valence-electron chi connectivity index (χ0n) is 13.2. The number of hydrogen-bond donors (Lipinski definition) is 0. The van der Waals surface area contributed by atoms with Gasteiger partial charge in [0.25, 0.3) is 5.69 Å². The van der Waals surface area contributed by atoms with E-state index in [0.29, 0.717) is 37.7 Å². The largest absolute Gasteiger partial charge is 0.356 e. The van der Waals surface area contributed by atoms with Gasteiger partial charge in [-0.2, -0.15) is 0 Å². The van der Waals surface area contributed by atoms with E-state index < -0.39 is 22.2 Å². The molecule has 6 nitrogen and oxygen atoms in total. The summed E-state index contributed by atoms with van der Waals surface area (Å²) in [6.45, 7) is 1.31. The van der Waals surface area contributed by atoms with E-state index in [2.05, 4.69) is 0 Å². The van der Waals surface area contributed by atoms with Crippen molar-refractivity contribution >= 4 is 17.3 Å². The van der Waals surface area contributed by atoms with Crippen molar-refractivity contribution in [3.63, 3.8) is 0 Å². The number of rotatable bonds is 4. The van der Waals surface area contributed by atoms with Crippen LogP contribution in [0.5, 0.6) is 0 Å². The lowest BCUT2D eigenvalue weighted by atomic mass is 10.1. The normalized spacial score (nSPS) is 19.2. The molecule has 0 N–H and O–H groups in total. The molecule has 1 saturated carbocycles. The Morgan fingerprint density at radius 3 is 2.33 bits per heavy atom. The van der Waals surface area contributed by atoms with Crippen LogP contribution >= 0.6 is 0 Å². The molecule has 0 bridgehead atoms. The summed E-state index contributed by atoms with van der Waals surface area (Å²) in [7, 11) is 0. The number of nitro groups is 1. The van der Waals surface area contributed by atoms with Crippen molar-refractivity contribution in [2.45, 2.75) is 25.7 Å². The number of nitrogens with zero attached hydrogens (tertiary/aromatic N) is 3. The lowest BCUT2D eigenvalue weighted by molar-refractivity contribution is -0.385. The van der Waals surface area contributed by atoms with E-state index in [0.717, 1.165) is 12.8 Å². The molecule has 3 rings (SSSR count). The van der Waals surface area contributed by atoms with Crippen LogP contribution in [0.3, 0.4) is 0 Å². The minimum absolute atomic E-state index is 0.113. The molecule has 1 aromatic rings. The summed E-state index contributed by atoms with van der Waals surface area (Å²) in [6.07, 6.45) is 4.63. The Morgan fingerprint density at radius 1 is 1.17 bits per heavy atom. The molecule has 0 radical (unpaired) electrons. The average molecular weight is 339 g/mol. The van der Waals surface area contributed by atoms with E-state index >= 15 is 0 Å². The smallest absolute Gasteiger partial charge is 0.275 e. The van der Waals surface area contributed by atoms with Gasteiger partial charge in [-0.05, 0) is 18.8 Å². The highest BCUT2D eigenvalue weighted by Gasteiger charge is 2.30. The molecule has 1 aliphatic carbocycles. The molecule has 0 unspecified atom stereocenters. The van der Waals surface area contributed by atoms with Crippen LogP contribution in [0.1, 0.15) is 25.7 Å². The van der Waals surface area contributed by atoms with Gasteiger partial charge in [-0.3, -0.25) is 14.9 Å². The molecule has 0 atom stereocenters. The highest BCUT2D eigenvalue weighted by molar-refractivity contribution is 5.83. The van der Waals surface area contributed by atoms with Crippen LogP contribution in [0.25, 0.3) is 0 Å². The van der Waals surface area contributed by atoms with E-state index in [1.54, 1.807) is 4.90 Å². The number of amides is 1. The summed E-state index contributed by atoms with van der Waals surface area (Å²) < 4.78 is 28.2. The first kappa shape index (κ1) is 16.6. The molecule has 1 saturated heterocycles. The number of benzene rings is 1. The third-order valence-electron chi connectivity index (χ3n) is 4.80. The van der Waals surface area contributed by atoms with Crippen LogP contribution in [0, 0.1) is 27.7 Å². The van der Waals surface area contributed by atoms with Crippen LogP contribution in [-0.4, -0.2) is 41.9 Å². The number of hydrogen-bond acceptors (Lipinski definition) is 4. The first-order valence-electron chi connectivity index (χ1n) is 8.12. The topological polar surface area (TPSA) is 66.7 Å². The number of carbonyl (C=O) groups excluding carboxylic acids is 1. The Hall–Kier alpha value is -2.25. The van der Waals surface area contributed by atoms with E-state index in [1.165, 1.54) is 17.7 Å². The third-order valence-corrected chi connectivity index (χ3v) is 4.80. The maximum atomic E-state index is 14.1. The summed E-state index contributed by atoms with van der Waals surface area (Å²) in [5.74, 6) is -1.67. The fourth-order valence-electron chi connectivity index (χ4n) is 3.56. The van der Waals surface area contributed by atoms with Crippen molar-refractivity contribution in [2.75, 3.05) is 31.1 Å². The second-order valence-electron chi connectivity index (χ2n) is 6.43. The quantitative estimate of drug-likeness (QED) is 0.625. The fraction of sp³-hybridized carbons (Fsp3) is 0.562. The Bertz CT molecular complexity index is 639. The van der Waals surface area contributed by atoms with E-state index in [9.17, 15) is 23.7 Å². The first-order chi connectivity index (χ1) is 11.5. The Labute approximate surface area is 138 Å². The lowest BCUT2D eigenvalue weighted by Crippen LogP contribution is -2.52. The van der Waals surface area contributed by atoms with Gasteiger partial charge in [-0.1, -0.05) is 12.8 Å². The highest BCUT2D eigenvalue weighted by Crippen LogP contribution is 2.30. The molecule has 8 heteroatoms. The number of anilines is 1. The molecule has 1 amide bonds. The van der Waals surface area contributed by atoms with Crippen molar-refractivity contribution in [3.05, 3.63) is 33.9 Å². The van der Waals surface area contributed by atoms with Crippen LogP contribution in [0.15, 0.2) is 12.1 Å². The van der Waals surface area contributed by atoms with Gasteiger partial charge in [0.05, 0.1) is 23.6 Å². The van der Waals surface area contributed by atoms with Crippen molar-refractivity contribution in [1.29, 1.82) is 0 Å². The first-order valence-corrected chi connectivity index (χ1v) is 8.12. The van der Waals surface area contributed by atoms with E-state index in [1.807, 2.05) is 0 Å². The Balaban J connectivity index is 1.71. The van der Waals surface area contributed by atoms with E-state index in [-0.39, 0.29) is 18.1 Å². The molecule has 0 spiro atoms. The molecule has 1 aliphatic heterocycles. The van der Waals surface area contributed by atoms with Crippen molar-refractivity contribution in [1.82, 2.24) is 4.90 Å². The summed E-state index contributed by atoms with van der Waals surface area (Å²) in [4.78, 5) is 25.2. The Morgan fingerprint density at radius 2 is 1.79 bits per heavy atom. The second kappa shape index (κ2) is 6.70. The highest BCUT2D eigenvalue weighted by atomic mass is 19.1. The van der Waals surface area contributed by atoms with Gasteiger partial charge in [-0.25, -0.2) is 8.78 Å². The predicted octanol–water partition coefficient (Wildman–Crippen LogP) is 2.71. The number of non-ortho nitro benzene ring substituents is 1. The lowest BCUT2D eigenvalue weighted by Gasteiger charge is -2.36. The second-order valence-corrected chi connectivity index (χ2v) is 6.43. The molecule has 1 aromatic carbocycles. The summed E-state index contributed by atoms with van der Waals surface area (Å²) in [6, 6.07) is 1.38. The minimum atomic E-state index is -1.02. The molecule has 24 heavy (non-hydrogen) atoms. The minimum Gasteiger partial charge on any atom is -0.356 e.